The molecule has 0 unspecified atom stereocenters. The second-order valence-corrected chi connectivity index (χ2v) is 2.11. The zero-order chi connectivity index (χ0) is 6.69. The molecular formula is C5H13N3O. The molecule has 0 saturated carbocycles. The monoisotopic (exact) mass is 131 g/mol. The van der Waals surface area contributed by atoms with Crippen LogP contribution in [0.2, 0.25) is 0 Å². The number of amides is 1. The standard InChI is InChI=1S/C5H11N3O.H2/c6-5(9)4-3-7-1-2-8-4;/h4,7-8H,1-3H2,(H2,6,9);1H/t4-;/m0./s1. The first-order chi connectivity index (χ1) is 4.30. The molecule has 0 bridgehead atoms. The van der Waals surface area contributed by atoms with E-state index in [1.54, 1.807) is 0 Å². The molecule has 0 aromatic carbocycles. The molecule has 0 spiro atoms. The largest absolute Gasteiger partial charge is 0.368 e. The fraction of sp³-hybridized carbons (Fsp3) is 0.800. The van der Waals surface area contributed by atoms with Crippen LogP contribution in [0.3, 0.4) is 0 Å². The van der Waals surface area contributed by atoms with Gasteiger partial charge in [0.25, 0.3) is 0 Å². The Bertz CT molecular complexity index is 113. The Balaban J connectivity index is 0.000000810. The van der Waals surface area contributed by atoms with Gasteiger partial charge in [-0.2, -0.15) is 0 Å². The lowest BCUT2D eigenvalue weighted by Crippen LogP contribution is -2.54. The van der Waals surface area contributed by atoms with Gasteiger partial charge in [0.2, 0.25) is 5.91 Å². The Morgan fingerprint density at radius 3 is 2.78 bits per heavy atom. The van der Waals surface area contributed by atoms with Gasteiger partial charge < -0.3 is 16.4 Å². The summed E-state index contributed by atoms with van der Waals surface area (Å²) in [5.74, 6) is -0.276. The van der Waals surface area contributed by atoms with E-state index in [0.29, 0.717) is 6.54 Å². The minimum atomic E-state index is -0.276. The predicted octanol–water partition coefficient (Wildman–Crippen LogP) is -1.72. The van der Waals surface area contributed by atoms with E-state index in [1.807, 2.05) is 0 Å². The highest BCUT2D eigenvalue weighted by Gasteiger charge is 2.16. The number of carbonyl (C=O) groups excluding carboxylic acids is 1. The van der Waals surface area contributed by atoms with Crippen LogP contribution in [0.5, 0.6) is 0 Å². The molecule has 54 valence electrons. The molecule has 4 heteroatoms. The average molecular weight is 131 g/mol. The van der Waals surface area contributed by atoms with Crippen molar-refractivity contribution in [3.63, 3.8) is 0 Å². The molecular weight excluding hydrogens is 118 g/mol. The summed E-state index contributed by atoms with van der Waals surface area (Å²) in [5, 5.41) is 6.03. The molecule has 4 nitrogen and oxygen atoms in total. The van der Waals surface area contributed by atoms with E-state index in [-0.39, 0.29) is 13.4 Å². The molecule has 4 N–H and O–H groups in total. The van der Waals surface area contributed by atoms with Gasteiger partial charge in [0.15, 0.2) is 0 Å². The fourth-order valence-electron chi connectivity index (χ4n) is 0.855. The van der Waals surface area contributed by atoms with Gasteiger partial charge >= 0.3 is 0 Å². The summed E-state index contributed by atoms with van der Waals surface area (Å²) in [7, 11) is 0. The second kappa shape index (κ2) is 2.80. The fourth-order valence-corrected chi connectivity index (χ4v) is 0.855. The Labute approximate surface area is 55.3 Å². The van der Waals surface area contributed by atoms with Gasteiger partial charge in [-0.15, -0.1) is 0 Å². The summed E-state index contributed by atoms with van der Waals surface area (Å²) in [5.41, 5.74) is 5.03. The Hall–Kier alpha value is -0.610. The normalized spacial score (nSPS) is 27.8. The van der Waals surface area contributed by atoms with E-state index in [0.717, 1.165) is 13.1 Å². The van der Waals surface area contributed by atoms with Gasteiger partial charge in [0, 0.05) is 21.1 Å². The van der Waals surface area contributed by atoms with Crippen molar-refractivity contribution < 1.29 is 6.22 Å². The lowest BCUT2D eigenvalue weighted by Gasteiger charge is -2.21. The highest BCUT2D eigenvalue weighted by atomic mass is 16.1. The Morgan fingerprint density at radius 2 is 2.44 bits per heavy atom. The summed E-state index contributed by atoms with van der Waals surface area (Å²) >= 11 is 0. The van der Waals surface area contributed by atoms with Crippen LogP contribution >= 0.6 is 0 Å². The van der Waals surface area contributed by atoms with E-state index in [4.69, 9.17) is 5.73 Å². The summed E-state index contributed by atoms with van der Waals surface area (Å²) in [6, 6.07) is -0.168. The van der Waals surface area contributed by atoms with Crippen LogP contribution in [-0.4, -0.2) is 31.6 Å². The zero-order valence-electron chi connectivity index (χ0n) is 5.18. The van der Waals surface area contributed by atoms with Gasteiger partial charge in [0.1, 0.15) is 0 Å². The molecule has 1 saturated heterocycles. The van der Waals surface area contributed by atoms with Crippen LogP contribution in [0.15, 0.2) is 0 Å². The van der Waals surface area contributed by atoms with Crippen LogP contribution < -0.4 is 16.4 Å². The van der Waals surface area contributed by atoms with E-state index >= 15 is 0 Å². The van der Waals surface area contributed by atoms with Crippen molar-refractivity contribution in [3.8, 4) is 0 Å². The quantitative estimate of drug-likeness (QED) is 0.396. The summed E-state index contributed by atoms with van der Waals surface area (Å²) in [6.07, 6.45) is 0. The molecule has 1 fully saturated rings. The highest BCUT2D eigenvalue weighted by molar-refractivity contribution is 5.80. The smallest absolute Gasteiger partial charge is 0.235 e. The van der Waals surface area contributed by atoms with Gasteiger partial charge in [-0.25, -0.2) is 0 Å². The van der Waals surface area contributed by atoms with E-state index in [2.05, 4.69) is 10.6 Å². The lowest BCUT2D eigenvalue weighted by atomic mass is 10.2. The van der Waals surface area contributed by atoms with Crippen LogP contribution in [0, 0.1) is 0 Å². The number of nitrogens with two attached hydrogens (primary N) is 1. The molecule has 1 amide bonds. The van der Waals surface area contributed by atoms with E-state index in [9.17, 15) is 4.79 Å². The number of hydrogen-bond donors (Lipinski definition) is 3. The van der Waals surface area contributed by atoms with Crippen LogP contribution in [0.1, 0.15) is 1.43 Å². The van der Waals surface area contributed by atoms with E-state index in [1.165, 1.54) is 0 Å². The number of primary amides is 1. The van der Waals surface area contributed by atoms with Crippen molar-refractivity contribution in [1.29, 1.82) is 0 Å². The van der Waals surface area contributed by atoms with Crippen molar-refractivity contribution in [2.45, 2.75) is 6.04 Å². The minimum Gasteiger partial charge on any atom is -0.368 e. The van der Waals surface area contributed by atoms with Crippen molar-refractivity contribution in [1.82, 2.24) is 10.6 Å². The van der Waals surface area contributed by atoms with Gasteiger partial charge in [-0.3, -0.25) is 4.79 Å². The third-order valence-electron chi connectivity index (χ3n) is 1.38. The molecule has 0 aliphatic carbocycles. The van der Waals surface area contributed by atoms with Crippen molar-refractivity contribution in [2.75, 3.05) is 19.6 Å². The molecule has 1 heterocycles. The third kappa shape index (κ3) is 1.65. The maximum Gasteiger partial charge on any atom is 0.235 e. The molecule has 1 aliphatic heterocycles. The molecule has 9 heavy (non-hydrogen) atoms. The molecule has 1 rings (SSSR count). The minimum absolute atomic E-state index is 0. The SMILES string of the molecule is NC(=O)[C@@H]1CNCCN1.[HH]. The van der Waals surface area contributed by atoms with Crippen LogP contribution in [-0.2, 0) is 4.79 Å². The first kappa shape index (κ1) is 6.51. The predicted molar refractivity (Wildman–Crippen MR) is 36.0 cm³/mol. The van der Waals surface area contributed by atoms with Gasteiger partial charge in [-0.1, -0.05) is 0 Å². The number of piperazine rings is 1. The third-order valence-corrected chi connectivity index (χ3v) is 1.38. The summed E-state index contributed by atoms with van der Waals surface area (Å²) in [6.45, 7) is 2.41. The summed E-state index contributed by atoms with van der Waals surface area (Å²) < 4.78 is 0. The van der Waals surface area contributed by atoms with Crippen molar-refractivity contribution in [3.05, 3.63) is 0 Å². The number of hydrogen-bond acceptors (Lipinski definition) is 3. The van der Waals surface area contributed by atoms with Crippen molar-refractivity contribution >= 4 is 5.91 Å². The second-order valence-electron chi connectivity index (χ2n) is 2.11. The van der Waals surface area contributed by atoms with Gasteiger partial charge in [-0.05, 0) is 0 Å². The maximum absolute atomic E-state index is 10.5. The van der Waals surface area contributed by atoms with Crippen LogP contribution in [0.4, 0.5) is 0 Å². The van der Waals surface area contributed by atoms with Crippen molar-refractivity contribution in [2.24, 2.45) is 5.73 Å². The van der Waals surface area contributed by atoms with E-state index < -0.39 is 0 Å². The number of nitrogens with one attached hydrogen (secondary N) is 2. The Morgan fingerprint density at radius 1 is 1.67 bits per heavy atom. The molecule has 0 aromatic rings. The first-order valence-corrected chi connectivity index (χ1v) is 3.04. The molecule has 0 radical (unpaired) electrons. The zero-order valence-corrected chi connectivity index (χ0v) is 5.18. The maximum atomic E-state index is 10.5. The summed E-state index contributed by atoms with van der Waals surface area (Å²) in [4.78, 5) is 10.5. The Kier molecular flexibility index (Phi) is 2.02. The lowest BCUT2D eigenvalue weighted by molar-refractivity contribution is -0.120. The van der Waals surface area contributed by atoms with Crippen LogP contribution in [0.25, 0.3) is 0 Å². The molecule has 1 aliphatic rings. The molecule has 0 aromatic heterocycles. The van der Waals surface area contributed by atoms with Gasteiger partial charge in [0.05, 0.1) is 6.04 Å². The number of rotatable bonds is 1. The topological polar surface area (TPSA) is 67.2 Å². The average Bonchev–Trinajstić information content (AvgIpc) is 1.90. The highest BCUT2D eigenvalue weighted by Crippen LogP contribution is 1.83. The molecule has 1 atom stereocenters. The number of carbonyl (C=O) groups is 1. The first-order valence-electron chi connectivity index (χ1n) is 3.04.